The van der Waals surface area contributed by atoms with Crippen molar-refractivity contribution >= 4 is 42.9 Å². The molecule has 1 aliphatic carbocycles. The molecule has 0 radical (unpaired) electrons. The van der Waals surface area contributed by atoms with Crippen LogP contribution in [0.4, 0.5) is 4.39 Å². The number of benzene rings is 1. The number of aliphatic carboxylic acids is 1. The van der Waals surface area contributed by atoms with Crippen molar-refractivity contribution in [2.75, 3.05) is 13.1 Å². The van der Waals surface area contributed by atoms with Crippen LogP contribution in [0.15, 0.2) is 36.0 Å². The Labute approximate surface area is 203 Å². The van der Waals surface area contributed by atoms with E-state index in [1.54, 1.807) is 29.1 Å². The molecule has 1 N–H and O–H groups in total. The third kappa shape index (κ3) is 6.22. The highest BCUT2D eigenvalue weighted by Crippen LogP contribution is 2.39. The first-order chi connectivity index (χ1) is 15.4. The van der Waals surface area contributed by atoms with Crippen LogP contribution in [0.25, 0.3) is 6.08 Å². The van der Waals surface area contributed by atoms with E-state index in [2.05, 4.69) is 15.2 Å². The third-order valence-electron chi connectivity index (χ3n) is 6.06. The number of thiol groups is 1. The molecule has 178 valence electrons. The minimum Gasteiger partial charge on any atom is -0.481 e. The van der Waals surface area contributed by atoms with Gasteiger partial charge in [0, 0.05) is 42.8 Å². The first-order valence-corrected chi connectivity index (χ1v) is 11.5. The normalized spacial score (nSPS) is 20.9. The van der Waals surface area contributed by atoms with Crippen LogP contribution in [-0.2, 0) is 16.1 Å². The van der Waals surface area contributed by atoms with Crippen molar-refractivity contribution in [3.63, 3.8) is 0 Å². The largest absolute Gasteiger partial charge is 0.481 e. The predicted octanol–water partition coefficient (Wildman–Crippen LogP) is 3.81. The molecule has 0 spiro atoms. The topological polar surface area (TPSA) is 88.3 Å². The van der Waals surface area contributed by atoms with E-state index in [-0.39, 0.29) is 41.6 Å². The van der Waals surface area contributed by atoms with Crippen LogP contribution in [0.2, 0.25) is 0 Å². The summed E-state index contributed by atoms with van der Waals surface area (Å²) >= 11 is 4.74. The van der Waals surface area contributed by atoms with E-state index in [1.165, 1.54) is 6.07 Å². The molecule has 1 aromatic carbocycles. The molecule has 0 amide bonds. The molecule has 1 saturated heterocycles. The predicted molar refractivity (Wildman–Crippen MR) is 128 cm³/mol. The van der Waals surface area contributed by atoms with E-state index in [4.69, 9.17) is 17.7 Å². The summed E-state index contributed by atoms with van der Waals surface area (Å²) in [6.45, 7) is 1.59. The Balaban J connectivity index is 0.00000306. The van der Waals surface area contributed by atoms with E-state index >= 15 is 0 Å². The van der Waals surface area contributed by atoms with Crippen molar-refractivity contribution < 1.29 is 19.1 Å². The van der Waals surface area contributed by atoms with Crippen LogP contribution >= 0.6 is 25.0 Å². The standard InChI is InChI=1S/C23H27FN4O3S.ClH/c24-19-5-2-1-4-18(19)22(23(31)15-7-8-15)27-11-9-20(32)16(14-27)12-17-13-25-26-28(17)10-3-6-21(29)30;/h1-2,4-5,12-13,15,20,22,32H,3,6-11,14H2,(H,29,30);1H/b16-12-;. The van der Waals surface area contributed by atoms with Gasteiger partial charge in [0.05, 0.1) is 17.9 Å². The maximum absolute atomic E-state index is 14.7. The highest BCUT2D eigenvalue weighted by Gasteiger charge is 2.40. The number of nitrogens with zero attached hydrogens (tertiary/aromatic N) is 4. The minimum absolute atomic E-state index is 0. The van der Waals surface area contributed by atoms with Crippen molar-refractivity contribution in [1.82, 2.24) is 19.9 Å². The van der Waals surface area contributed by atoms with E-state index in [0.29, 0.717) is 31.6 Å². The highest BCUT2D eigenvalue weighted by molar-refractivity contribution is 7.81. The number of halogens is 2. The monoisotopic (exact) mass is 494 g/mol. The number of piperidine rings is 1. The third-order valence-corrected chi connectivity index (χ3v) is 6.65. The summed E-state index contributed by atoms with van der Waals surface area (Å²) in [5.41, 5.74) is 2.20. The Kier molecular flexibility index (Phi) is 8.67. The van der Waals surface area contributed by atoms with Crippen molar-refractivity contribution in [3.05, 3.63) is 53.1 Å². The minimum atomic E-state index is -0.845. The van der Waals surface area contributed by atoms with Crippen molar-refractivity contribution in [2.45, 2.75) is 49.9 Å². The quantitative estimate of drug-likeness (QED) is 0.515. The van der Waals surface area contributed by atoms with Gasteiger partial charge in [0.25, 0.3) is 0 Å². The molecule has 0 bridgehead atoms. The van der Waals surface area contributed by atoms with Crippen LogP contribution in [0.5, 0.6) is 0 Å². The Bertz CT molecular complexity index is 1030. The van der Waals surface area contributed by atoms with E-state index in [1.807, 2.05) is 6.08 Å². The fourth-order valence-corrected chi connectivity index (χ4v) is 4.47. The number of Topliss-reactive ketones (excluding diaryl/α,β-unsaturated/α-hetero) is 1. The highest BCUT2D eigenvalue weighted by atomic mass is 35.5. The lowest BCUT2D eigenvalue weighted by atomic mass is 9.93. The first kappa shape index (κ1) is 25.4. The fraction of sp³-hybridized carbons (Fsp3) is 0.478. The van der Waals surface area contributed by atoms with Crippen LogP contribution in [0.3, 0.4) is 0 Å². The molecule has 2 atom stereocenters. The van der Waals surface area contributed by atoms with Gasteiger partial charge in [-0.3, -0.25) is 14.5 Å². The van der Waals surface area contributed by atoms with E-state index in [0.717, 1.165) is 30.5 Å². The van der Waals surface area contributed by atoms with Gasteiger partial charge in [-0.25, -0.2) is 9.07 Å². The fourth-order valence-electron chi connectivity index (χ4n) is 4.19. The van der Waals surface area contributed by atoms with Gasteiger partial charge in [-0.1, -0.05) is 23.4 Å². The first-order valence-electron chi connectivity index (χ1n) is 10.9. The molecule has 1 aliphatic heterocycles. The molecular weight excluding hydrogens is 467 g/mol. The maximum Gasteiger partial charge on any atom is 0.303 e. The molecule has 33 heavy (non-hydrogen) atoms. The Morgan fingerprint density at radius 2 is 2.03 bits per heavy atom. The number of carboxylic acid groups (broad SMARTS) is 1. The van der Waals surface area contributed by atoms with Gasteiger partial charge in [0.15, 0.2) is 5.78 Å². The molecule has 2 fully saturated rings. The lowest BCUT2D eigenvalue weighted by Crippen LogP contribution is -2.42. The summed E-state index contributed by atoms with van der Waals surface area (Å²) < 4.78 is 16.4. The number of aryl methyl sites for hydroxylation is 1. The number of carbonyl (C=O) groups excluding carboxylic acids is 1. The Hall–Kier alpha value is -2.23. The van der Waals surface area contributed by atoms with Gasteiger partial charge >= 0.3 is 5.97 Å². The summed E-state index contributed by atoms with van der Waals surface area (Å²) in [5.74, 6) is -1.10. The van der Waals surface area contributed by atoms with Gasteiger partial charge in [0.2, 0.25) is 0 Å². The summed E-state index contributed by atoms with van der Waals surface area (Å²) in [6.07, 6.45) is 6.59. The zero-order valence-corrected chi connectivity index (χ0v) is 19.8. The lowest BCUT2D eigenvalue weighted by molar-refractivity contribution is -0.137. The molecule has 2 heterocycles. The van der Waals surface area contributed by atoms with Crippen molar-refractivity contribution in [2.24, 2.45) is 5.92 Å². The number of carboxylic acids is 1. The number of carbonyl (C=O) groups is 2. The van der Waals surface area contributed by atoms with Crippen LogP contribution in [0, 0.1) is 11.7 Å². The Morgan fingerprint density at radius 1 is 1.27 bits per heavy atom. The van der Waals surface area contributed by atoms with Gasteiger partial charge in [-0.2, -0.15) is 12.6 Å². The summed E-state index contributed by atoms with van der Waals surface area (Å²) in [4.78, 5) is 26.0. The number of likely N-dealkylation sites (tertiary alicyclic amines) is 1. The number of ketones is 1. The van der Waals surface area contributed by atoms with Gasteiger partial charge in [-0.05, 0) is 43.4 Å². The number of aromatic nitrogens is 3. The SMILES string of the molecule is Cl.O=C(O)CCCn1nncc1/C=C1/CN(C(C(=O)C2CC2)c2ccccc2F)CCC1S. The molecule has 2 aliphatic rings. The number of hydrogen-bond acceptors (Lipinski definition) is 6. The average Bonchev–Trinajstić information content (AvgIpc) is 3.53. The van der Waals surface area contributed by atoms with Gasteiger partial charge in [0.1, 0.15) is 5.82 Å². The van der Waals surface area contributed by atoms with E-state index in [9.17, 15) is 14.0 Å². The zero-order valence-electron chi connectivity index (χ0n) is 18.1. The molecular formula is C23H28ClFN4O3S. The van der Waals surface area contributed by atoms with Crippen molar-refractivity contribution in [3.8, 4) is 0 Å². The molecule has 2 aromatic rings. The van der Waals surface area contributed by atoms with Crippen molar-refractivity contribution in [1.29, 1.82) is 0 Å². The zero-order chi connectivity index (χ0) is 22.7. The smallest absolute Gasteiger partial charge is 0.303 e. The van der Waals surface area contributed by atoms with Crippen LogP contribution < -0.4 is 0 Å². The number of rotatable bonds is 9. The molecule has 7 nitrogen and oxygen atoms in total. The van der Waals surface area contributed by atoms with Crippen LogP contribution in [-0.4, -0.2) is 55.1 Å². The second-order valence-corrected chi connectivity index (χ2v) is 9.10. The summed E-state index contributed by atoms with van der Waals surface area (Å²) in [6, 6.07) is 5.92. The maximum atomic E-state index is 14.7. The Morgan fingerprint density at radius 3 is 2.73 bits per heavy atom. The lowest BCUT2D eigenvalue weighted by Gasteiger charge is -2.37. The molecule has 2 unspecified atom stereocenters. The summed E-state index contributed by atoms with van der Waals surface area (Å²) in [5, 5.41) is 16.9. The summed E-state index contributed by atoms with van der Waals surface area (Å²) in [7, 11) is 0. The van der Waals surface area contributed by atoms with Gasteiger partial charge in [-0.15, -0.1) is 17.5 Å². The van der Waals surface area contributed by atoms with Gasteiger partial charge < -0.3 is 5.11 Å². The van der Waals surface area contributed by atoms with E-state index < -0.39 is 12.0 Å². The molecule has 4 rings (SSSR count). The average molecular weight is 495 g/mol. The second-order valence-electron chi connectivity index (χ2n) is 8.47. The molecule has 10 heteroatoms. The van der Waals surface area contributed by atoms with Crippen LogP contribution in [0.1, 0.15) is 49.4 Å². The second kappa shape index (κ2) is 11.3. The molecule has 1 aromatic heterocycles. The number of hydrogen-bond donors (Lipinski definition) is 2. The molecule has 1 saturated carbocycles.